The smallest absolute Gasteiger partial charge is 0.265 e. The fourth-order valence-electron chi connectivity index (χ4n) is 1.77. The third-order valence-corrected chi connectivity index (χ3v) is 2.58. The van der Waals surface area contributed by atoms with Crippen LogP contribution in [-0.4, -0.2) is 25.0 Å². The highest BCUT2D eigenvalue weighted by atomic mass is 16.2. The lowest BCUT2D eigenvalue weighted by atomic mass is 10.0. The van der Waals surface area contributed by atoms with E-state index in [2.05, 4.69) is 24.5 Å². The minimum absolute atomic E-state index is 0.0857. The topological polar surface area (TPSA) is 32.3 Å². The van der Waals surface area contributed by atoms with Crippen LogP contribution in [0, 0.1) is 6.92 Å². The van der Waals surface area contributed by atoms with Gasteiger partial charge in [0, 0.05) is 19.7 Å². The summed E-state index contributed by atoms with van der Waals surface area (Å²) in [6.45, 7) is 2.06. The second-order valence-corrected chi connectivity index (χ2v) is 4.40. The Morgan fingerprint density at radius 1 is 1.06 bits per heavy atom. The van der Waals surface area contributed by atoms with Crippen LogP contribution < -0.4 is 5.43 Å². The minimum atomic E-state index is -0.0857. The van der Waals surface area contributed by atoms with E-state index in [1.807, 2.05) is 24.3 Å². The molecule has 0 saturated heterocycles. The fourth-order valence-corrected chi connectivity index (χ4v) is 1.77. The summed E-state index contributed by atoms with van der Waals surface area (Å²) in [6.07, 6.45) is 0. The zero-order chi connectivity index (χ0) is 12.4. The van der Waals surface area contributed by atoms with Gasteiger partial charge in [-0.05, 0) is 29.8 Å². The number of rotatable bonds is 2. The molecule has 2 aromatic rings. The molecule has 0 bridgehead atoms. The molecule has 0 radical (unpaired) electrons. The van der Waals surface area contributed by atoms with Crippen LogP contribution in [0.1, 0.15) is 15.9 Å². The average molecular weight is 228 g/mol. The van der Waals surface area contributed by atoms with Crippen LogP contribution in [0.4, 0.5) is 0 Å². The van der Waals surface area contributed by atoms with Gasteiger partial charge in [0.1, 0.15) is 0 Å². The molecule has 0 spiro atoms. The van der Waals surface area contributed by atoms with Crippen LogP contribution >= 0.6 is 0 Å². The summed E-state index contributed by atoms with van der Waals surface area (Å²) in [4.78, 5) is 11.8. The summed E-state index contributed by atoms with van der Waals surface area (Å²) < 4.78 is 0. The number of nitrogens with one attached hydrogen (secondary N) is 1. The van der Waals surface area contributed by atoms with E-state index in [0.717, 1.165) is 10.8 Å². The van der Waals surface area contributed by atoms with Gasteiger partial charge in [-0.2, -0.15) is 0 Å². The molecule has 0 heterocycles. The van der Waals surface area contributed by atoms with Gasteiger partial charge in [0.05, 0.1) is 0 Å². The van der Waals surface area contributed by atoms with Crippen molar-refractivity contribution in [1.29, 1.82) is 0 Å². The normalized spacial score (nSPS) is 10.8. The Morgan fingerprint density at radius 2 is 1.71 bits per heavy atom. The molecule has 88 valence electrons. The Labute approximate surface area is 101 Å². The first-order chi connectivity index (χ1) is 8.06. The fraction of sp³-hybridized carbons (Fsp3) is 0.214. The van der Waals surface area contributed by atoms with Crippen LogP contribution in [0.3, 0.4) is 0 Å². The van der Waals surface area contributed by atoms with Gasteiger partial charge >= 0.3 is 0 Å². The molecule has 0 aliphatic carbocycles. The molecule has 1 amide bonds. The van der Waals surface area contributed by atoms with Crippen molar-refractivity contribution in [2.45, 2.75) is 6.92 Å². The van der Waals surface area contributed by atoms with Crippen molar-refractivity contribution in [2.75, 3.05) is 14.1 Å². The molecule has 3 heteroatoms. The maximum Gasteiger partial charge on any atom is 0.265 e. The van der Waals surface area contributed by atoms with Crippen molar-refractivity contribution < 1.29 is 4.79 Å². The highest BCUT2D eigenvalue weighted by molar-refractivity contribution is 5.98. The molecule has 0 aromatic heterocycles. The zero-order valence-corrected chi connectivity index (χ0v) is 10.3. The third kappa shape index (κ3) is 2.63. The molecule has 0 aliphatic rings. The summed E-state index contributed by atoms with van der Waals surface area (Å²) in [7, 11) is 3.59. The molecule has 3 nitrogen and oxygen atoms in total. The predicted molar refractivity (Wildman–Crippen MR) is 69.8 cm³/mol. The minimum Gasteiger partial charge on any atom is -0.285 e. The van der Waals surface area contributed by atoms with E-state index >= 15 is 0 Å². The molecular formula is C14H16N2O. The summed E-state index contributed by atoms with van der Waals surface area (Å²) in [5, 5.41) is 3.88. The Hall–Kier alpha value is -1.87. The first-order valence-corrected chi connectivity index (χ1v) is 5.55. The van der Waals surface area contributed by atoms with Gasteiger partial charge in [-0.1, -0.05) is 29.8 Å². The van der Waals surface area contributed by atoms with Crippen molar-refractivity contribution >= 4 is 16.7 Å². The van der Waals surface area contributed by atoms with Gasteiger partial charge in [0.15, 0.2) is 0 Å². The molecule has 0 unspecified atom stereocenters. The number of carbonyl (C=O) groups is 1. The van der Waals surface area contributed by atoms with Crippen LogP contribution in [0.15, 0.2) is 36.4 Å². The number of aryl methyl sites for hydroxylation is 1. The maximum atomic E-state index is 11.8. The lowest BCUT2D eigenvalue weighted by Crippen LogP contribution is -2.36. The average Bonchev–Trinajstić information content (AvgIpc) is 2.27. The molecule has 17 heavy (non-hydrogen) atoms. The lowest BCUT2D eigenvalue weighted by Gasteiger charge is -2.12. The van der Waals surface area contributed by atoms with E-state index < -0.39 is 0 Å². The van der Waals surface area contributed by atoms with Crippen LogP contribution in [0.25, 0.3) is 10.8 Å². The number of nitrogens with zero attached hydrogens (tertiary/aromatic N) is 1. The molecular weight excluding hydrogens is 212 g/mol. The van der Waals surface area contributed by atoms with Gasteiger partial charge in [-0.15, -0.1) is 0 Å². The van der Waals surface area contributed by atoms with E-state index in [4.69, 9.17) is 0 Å². The largest absolute Gasteiger partial charge is 0.285 e. The van der Waals surface area contributed by atoms with E-state index in [0.29, 0.717) is 5.56 Å². The van der Waals surface area contributed by atoms with Gasteiger partial charge in [-0.25, -0.2) is 5.01 Å². The monoisotopic (exact) mass is 228 g/mol. The lowest BCUT2D eigenvalue weighted by molar-refractivity contribution is 0.0857. The number of carbonyl (C=O) groups excluding carboxylic acids is 1. The summed E-state index contributed by atoms with van der Waals surface area (Å²) in [6, 6.07) is 11.9. The first-order valence-electron chi connectivity index (χ1n) is 5.55. The first kappa shape index (κ1) is 11.6. The molecule has 0 aliphatic heterocycles. The van der Waals surface area contributed by atoms with Crippen LogP contribution in [0.5, 0.6) is 0 Å². The third-order valence-electron chi connectivity index (χ3n) is 2.58. The Balaban J connectivity index is 2.38. The van der Waals surface area contributed by atoms with Gasteiger partial charge in [0.2, 0.25) is 0 Å². The van der Waals surface area contributed by atoms with Crippen molar-refractivity contribution in [3.63, 3.8) is 0 Å². The molecule has 0 atom stereocenters. The summed E-state index contributed by atoms with van der Waals surface area (Å²) >= 11 is 0. The molecule has 0 fully saturated rings. The second kappa shape index (κ2) is 4.55. The number of hydrogen-bond acceptors (Lipinski definition) is 2. The van der Waals surface area contributed by atoms with Gasteiger partial charge in [-0.3, -0.25) is 10.2 Å². The molecule has 2 aromatic carbocycles. The number of hydrogen-bond donors (Lipinski definition) is 1. The highest BCUT2D eigenvalue weighted by Gasteiger charge is 2.06. The Kier molecular flexibility index (Phi) is 3.11. The van der Waals surface area contributed by atoms with E-state index in [1.54, 1.807) is 19.1 Å². The van der Waals surface area contributed by atoms with E-state index in [1.165, 1.54) is 5.56 Å². The maximum absolute atomic E-state index is 11.8. The summed E-state index contributed by atoms with van der Waals surface area (Å²) in [5.41, 5.74) is 4.63. The van der Waals surface area contributed by atoms with Crippen LogP contribution in [0.2, 0.25) is 0 Å². The molecule has 2 rings (SSSR count). The van der Waals surface area contributed by atoms with Crippen molar-refractivity contribution in [1.82, 2.24) is 10.4 Å². The van der Waals surface area contributed by atoms with Gasteiger partial charge in [0.25, 0.3) is 5.91 Å². The number of amides is 1. The quantitative estimate of drug-likeness (QED) is 0.800. The molecule has 0 saturated carbocycles. The Bertz CT molecular complexity index is 561. The van der Waals surface area contributed by atoms with Crippen LogP contribution in [-0.2, 0) is 0 Å². The standard InChI is InChI=1S/C14H16N2O/c1-10-4-5-12-9-13(7-6-11(12)8-10)14(17)15-16(2)3/h4-9H,1-3H3,(H,15,17). The molecule has 1 N–H and O–H groups in total. The number of hydrazine groups is 1. The predicted octanol–water partition coefficient (Wildman–Crippen LogP) is 2.35. The number of benzene rings is 2. The van der Waals surface area contributed by atoms with E-state index in [-0.39, 0.29) is 5.91 Å². The Morgan fingerprint density at radius 3 is 2.41 bits per heavy atom. The van der Waals surface area contributed by atoms with E-state index in [9.17, 15) is 4.79 Å². The van der Waals surface area contributed by atoms with Gasteiger partial charge < -0.3 is 0 Å². The highest BCUT2D eigenvalue weighted by Crippen LogP contribution is 2.17. The van der Waals surface area contributed by atoms with Crippen molar-refractivity contribution in [3.05, 3.63) is 47.5 Å². The second-order valence-electron chi connectivity index (χ2n) is 4.40. The SMILES string of the molecule is Cc1ccc2cc(C(=O)NN(C)C)ccc2c1. The van der Waals surface area contributed by atoms with Crippen molar-refractivity contribution in [3.8, 4) is 0 Å². The summed E-state index contributed by atoms with van der Waals surface area (Å²) in [5.74, 6) is -0.0857. The number of fused-ring (bicyclic) bond motifs is 1. The van der Waals surface area contributed by atoms with Crippen molar-refractivity contribution in [2.24, 2.45) is 0 Å². The zero-order valence-electron chi connectivity index (χ0n) is 10.3.